The molecule has 0 aliphatic heterocycles. The van der Waals surface area contributed by atoms with Crippen LogP contribution in [0.3, 0.4) is 0 Å². The molecule has 0 unspecified atom stereocenters. The number of carbonyl (C=O) groups is 1. The highest BCUT2D eigenvalue weighted by Crippen LogP contribution is 2.26. The van der Waals surface area contributed by atoms with Crippen LogP contribution in [0.5, 0.6) is 11.5 Å². The van der Waals surface area contributed by atoms with Gasteiger partial charge in [0.2, 0.25) is 0 Å². The molecular weight excluding hydrogens is 330 g/mol. The first kappa shape index (κ1) is 16.3. The maximum absolute atomic E-state index is 12.2. The molecule has 6 nitrogen and oxygen atoms in total. The van der Waals surface area contributed by atoms with Crippen LogP contribution in [0.15, 0.2) is 47.4 Å². The van der Waals surface area contributed by atoms with Crippen LogP contribution in [0, 0.1) is 0 Å². The Morgan fingerprint density at radius 3 is 2.38 bits per heavy atom. The van der Waals surface area contributed by atoms with Crippen LogP contribution in [-0.2, 0) is 22.9 Å². The lowest BCUT2D eigenvalue weighted by molar-refractivity contribution is 0.207. The lowest BCUT2D eigenvalue weighted by Crippen LogP contribution is -2.33. The van der Waals surface area contributed by atoms with E-state index in [4.69, 9.17) is 9.47 Å². The summed E-state index contributed by atoms with van der Waals surface area (Å²) in [6.45, 7) is 0. The Balaban J connectivity index is 1.69. The molecule has 0 radical (unpaired) electrons. The molecule has 3 rings (SSSR count). The standard InChI is InChI=1S/C17H17NO5S/c1-22-14-7-9-16(10-8-14)24(20,21)18-17(19)23-15-6-5-12-3-2-4-13(12)11-15/h5-11H,2-4H2,1H3,(H,18,19). The molecule has 126 valence electrons. The number of benzene rings is 2. The SMILES string of the molecule is COc1ccc(S(=O)(=O)NC(=O)Oc2ccc3c(c2)CCC3)cc1. The zero-order valence-corrected chi connectivity index (χ0v) is 13.9. The molecule has 1 N–H and O–H groups in total. The summed E-state index contributed by atoms with van der Waals surface area (Å²) in [5, 5.41) is 0. The zero-order valence-electron chi connectivity index (χ0n) is 13.1. The number of sulfonamides is 1. The molecule has 2 aromatic rings. The van der Waals surface area contributed by atoms with Crippen LogP contribution in [0.4, 0.5) is 4.79 Å². The summed E-state index contributed by atoms with van der Waals surface area (Å²) in [5.41, 5.74) is 2.38. The predicted octanol–water partition coefficient (Wildman–Crippen LogP) is 2.66. The first-order valence-electron chi connectivity index (χ1n) is 7.48. The Hall–Kier alpha value is -2.54. The third-order valence-corrected chi connectivity index (χ3v) is 5.20. The highest BCUT2D eigenvalue weighted by Gasteiger charge is 2.20. The third-order valence-electron chi connectivity index (χ3n) is 3.87. The molecule has 1 aliphatic rings. The van der Waals surface area contributed by atoms with E-state index in [-0.39, 0.29) is 4.90 Å². The fourth-order valence-corrected chi connectivity index (χ4v) is 3.54. The van der Waals surface area contributed by atoms with E-state index in [0.717, 1.165) is 24.8 Å². The van der Waals surface area contributed by atoms with Crippen molar-refractivity contribution in [3.63, 3.8) is 0 Å². The van der Waals surface area contributed by atoms with Crippen molar-refractivity contribution in [1.82, 2.24) is 4.72 Å². The highest BCUT2D eigenvalue weighted by atomic mass is 32.2. The number of hydrogen-bond donors (Lipinski definition) is 1. The Kier molecular flexibility index (Phi) is 4.44. The van der Waals surface area contributed by atoms with E-state index in [1.807, 2.05) is 10.8 Å². The summed E-state index contributed by atoms with van der Waals surface area (Å²) in [5.74, 6) is 0.854. The Labute approximate surface area is 140 Å². The van der Waals surface area contributed by atoms with Gasteiger partial charge in [-0.25, -0.2) is 17.9 Å². The smallest absolute Gasteiger partial charge is 0.426 e. The Morgan fingerprint density at radius 1 is 1.00 bits per heavy atom. The van der Waals surface area contributed by atoms with Crippen molar-refractivity contribution in [3.05, 3.63) is 53.6 Å². The number of carbonyl (C=O) groups excluding carboxylic acids is 1. The van der Waals surface area contributed by atoms with E-state index in [0.29, 0.717) is 11.5 Å². The van der Waals surface area contributed by atoms with E-state index in [1.54, 1.807) is 12.1 Å². The van der Waals surface area contributed by atoms with Crippen LogP contribution in [0.25, 0.3) is 0 Å². The van der Waals surface area contributed by atoms with Crippen molar-refractivity contribution in [3.8, 4) is 11.5 Å². The van der Waals surface area contributed by atoms with Gasteiger partial charge in [0, 0.05) is 0 Å². The van der Waals surface area contributed by atoms with Gasteiger partial charge < -0.3 is 9.47 Å². The molecule has 1 aliphatic carbocycles. The molecule has 0 spiro atoms. The maximum atomic E-state index is 12.2. The molecule has 0 atom stereocenters. The molecule has 24 heavy (non-hydrogen) atoms. The minimum atomic E-state index is -4.00. The lowest BCUT2D eigenvalue weighted by Gasteiger charge is -2.09. The second-order valence-electron chi connectivity index (χ2n) is 5.45. The molecule has 0 saturated heterocycles. The predicted molar refractivity (Wildman–Crippen MR) is 87.8 cm³/mol. The van der Waals surface area contributed by atoms with E-state index in [1.165, 1.54) is 36.9 Å². The average molecular weight is 347 g/mol. The largest absolute Gasteiger partial charge is 0.497 e. The van der Waals surface area contributed by atoms with Gasteiger partial charge in [0.1, 0.15) is 11.5 Å². The summed E-state index contributed by atoms with van der Waals surface area (Å²) < 4.78 is 36.3. The summed E-state index contributed by atoms with van der Waals surface area (Å²) in [7, 11) is -2.51. The molecule has 7 heteroatoms. The minimum Gasteiger partial charge on any atom is -0.497 e. The van der Waals surface area contributed by atoms with E-state index >= 15 is 0 Å². The van der Waals surface area contributed by atoms with E-state index in [2.05, 4.69) is 0 Å². The summed E-state index contributed by atoms with van der Waals surface area (Å²) >= 11 is 0. The van der Waals surface area contributed by atoms with Crippen molar-refractivity contribution in [2.45, 2.75) is 24.2 Å². The number of nitrogens with one attached hydrogen (secondary N) is 1. The quantitative estimate of drug-likeness (QED) is 0.919. The van der Waals surface area contributed by atoms with Crippen LogP contribution < -0.4 is 14.2 Å². The monoisotopic (exact) mass is 347 g/mol. The number of aryl methyl sites for hydroxylation is 2. The van der Waals surface area contributed by atoms with Crippen molar-refractivity contribution >= 4 is 16.1 Å². The van der Waals surface area contributed by atoms with Gasteiger partial charge in [-0.2, -0.15) is 0 Å². The average Bonchev–Trinajstić information content (AvgIpc) is 3.02. The summed E-state index contributed by atoms with van der Waals surface area (Å²) in [6.07, 6.45) is 2.01. The van der Waals surface area contributed by atoms with Crippen LogP contribution in [-0.4, -0.2) is 21.6 Å². The van der Waals surface area contributed by atoms with Crippen molar-refractivity contribution in [2.24, 2.45) is 0 Å². The second-order valence-corrected chi connectivity index (χ2v) is 7.14. The van der Waals surface area contributed by atoms with Gasteiger partial charge in [-0.15, -0.1) is 0 Å². The third kappa shape index (κ3) is 3.51. The number of methoxy groups -OCH3 is 1. The van der Waals surface area contributed by atoms with Gasteiger partial charge in [-0.3, -0.25) is 0 Å². The molecule has 0 heterocycles. The fraction of sp³-hybridized carbons (Fsp3) is 0.235. The topological polar surface area (TPSA) is 81.7 Å². The van der Waals surface area contributed by atoms with Crippen molar-refractivity contribution < 1.29 is 22.7 Å². The normalized spacial score (nSPS) is 13.2. The van der Waals surface area contributed by atoms with Gasteiger partial charge in [-0.1, -0.05) is 6.07 Å². The number of hydrogen-bond acceptors (Lipinski definition) is 5. The van der Waals surface area contributed by atoms with Gasteiger partial charge in [0.05, 0.1) is 12.0 Å². The molecule has 0 bridgehead atoms. The maximum Gasteiger partial charge on any atom is 0.426 e. The van der Waals surface area contributed by atoms with Gasteiger partial charge in [-0.05, 0) is 66.8 Å². The van der Waals surface area contributed by atoms with Crippen molar-refractivity contribution in [2.75, 3.05) is 7.11 Å². The minimum absolute atomic E-state index is 0.0470. The first-order valence-corrected chi connectivity index (χ1v) is 8.97. The number of fused-ring (bicyclic) bond motifs is 1. The van der Waals surface area contributed by atoms with E-state index in [9.17, 15) is 13.2 Å². The first-order chi connectivity index (χ1) is 11.5. The lowest BCUT2D eigenvalue weighted by atomic mass is 10.1. The summed E-state index contributed by atoms with van der Waals surface area (Å²) in [4.78, 5) is 11.8. The number of rotatable bonds is 4. The number of amides is 1. The molecule has 2 aromatic carbocycles. The van der Waals surface area contributed by atoms with Crippen LogP contribution in [0.1, 0.15) is 17.5 Å². The van der Waals surface area contributed by atoms with Gasteiger partial charge >= 0.3 is 6.09 Å². The zero-order chi connectivity index (χ0) is 17.2. The van der Waals surface area contributed by atoms with Crippen LogP contribution >= 0.6 is 0 Å². The second kappa shape index (κ2) is 6.52. The highest BCUT2D eigenvalue weighted by molar-refractivity contribution is 7.90. The number of ether oxygens (including phenoxy) is 2. The molecule has 1 amide bonds. The Bertz CT molecular complexity index is 859. The van der Waals surface area contributed by atoms with Crippen LogP contribution in [0.2, 0.25) is 0 Å². The molecular formula is C17H17NO5S. The molecule has 0 saturated carbocycles. The molecule has 0 aromatic heterocycles. The summed E-state index contributed by atoms with van der Waals surface area (Å²) in [6, 6.07) is 11.1. The van der Waals surface area contributed by atoms with Crippen molar-refractivity contribution in [1.29, 1.82) is 0 Å². The van der Waals surface area contributed by atoms with Gasteiger partial charge in [0.25, 0.3) is 10.0 Å². The Morgan fingerprint density at radius 2 is 1.67 bits per heavy atom. The fourth-order valence-electron chi connectivity index (χ4n) is 2.66. The van der Waals surface area contributed by atoms with E-state index < -0.39 is 16.1 Å². The molecule has 0 fully saturated rings. The van der Waals surface area contributed by atoms with Gasteiger partial charge in [0.15, 0.2) is 0 Å².